The molecule has 2 rings (SSSR count). The van der Waals surface area contributed by atoms with Crippen LogP contribution in [-0.4, -0.2) is 12.5 Å². The smallest absolute Gasteiger partial charge is 0.222 e. The second-order valence-corrected chi connectivity index (χ2v) is 3.64. The summed E-state index contributed by atoms with van der Waals surface area (Å²) in [6.45, 7) is 8.91. The quantitative estimate of drug-likeness (QED) is 0.716. The molecule has 0 spiro atoms. The van der Waals surface area contributed by atoms with Gasteiger partial charge < -0.3 is 5.32 Å². The minimum absolute atomic E-state index is 0.208. The molecule has 1 aliphatic rings. The fourth-order valence-corrected chi connectivity index (χ4v) is 1.25. The molecule has 0 radical (unpaired) electrons. The molecule has 1 saturated heterocycles. The lowest BCUT2D eigenvalue weighted by Gasteiger charge is -1.90. The highest BCUT2D eigenvalue weighted by atomic mass is 16.2. The van der Waals surface area contributed by atoms with E-state index in [-0.39, 0.29) is 11.8 Å². The van der Waals surface area contributed by atoms with E-state index in [0.29, 0.717) is 0 Å². The van der Waals surface area contributed by atoms with Gasteiger partial charge in [0, 0.05) is 12.5 Å². The average molecular weight is 221 g/mol. The van der Waals surface area contributed by atoms with E-state index in [1.54, 1.807) is 0 Å². The number of benzene rings is 1. The summed E-state index contributed by atoms with van der Waals surface area (Å²) in [4.78, 5) is 10.5. The van der Waals surface area contributed by atoms with Gasteiger partial charge in [0.25, 0.3) is 0 Å². The van der Waals surface area contributed by atoms with Gasteiger partial charge in [0.2, 0.25) is 5.91 Å². The number of hydrogen-bond donors (Lipinski definition) is 1. The summed E-state index contributed by atoms with van der Waals surface area (Å²) in [7, 11) is 0. The Labute approximate surface area is 99.1 Å². The molecule has 0 bridgehead atoms. The summed E-state index contributed by atoms with van der Waals surface area (Å²) in [6.07, 6.45) is 1.01. The number of nitrogens with one attached hydrogen (secondary N) is 1. The minimum Gasteiger partial charge on any atom is -0.356 e. The fourth-order valence-electron chi connectivity index (χ4n) is 1.25. The first-order valence-corrected chi connectivity index (χ1v) is 5.99. The van der Waals surface area contributed by atoms with Crippen molar-refractivity contribution in [1.29, 1.82) is 0 Å². The molecule has 2 nitrogen and oxygen atoms in total. The maximum absolute atomic E-state index is 10.5. The second kappa shape index (κ2) is 8.96. The molecular weight excluding hydrogens is 198 g/mol. The van der Waals surface area contributed by atoms with Crippen LogP contribution in [-0.2, 0) is 4.79 Å². The van der Waals surface area contributed by atoms with Crippen LogP contribution in [0.15, 0.2) is 30.3 Å². The van der Waals surface area contributed by atoms with Gasteiger partial charge in [-0.2, -0.15) is 0 Å². The summed E-state index contributed by atoms with van der Waals surface area (Å²) >= 11 is 0. The van der Waals surface area contributed by atoms with E-state index in [4.69, 9.17) is 0 Å². The molecule has 1 amide bonds. The van der Waals surface area contributed by atoms with Crippen molar-refractivity contribution in [3.63, 3.8) is 0 Å². The number of hydrogen-bond acceptors (Lipinski definition) is 1. The largest absolute Gasteiger partial charge is 0.356 e. The molecule has 1 N–H and O–H groups in total. The Morgan fingerprint density at radius 2 is 1.75 bits per heavy atom. The van der Waals surface area contributed by atoms with Gasteiger partial charge in [0.15, 0.2) is 0 Å². The molecule has 2 heteroatoms. The molecule has 16 heavy (non-hydrogen) atoms. The maximum atomic E-state index is 10.5. The molecule has 1 atom stereocenters. The predicted molar refractivity (Wildman–Crippen MR) is 69.3 cm³/mol. The van der Waals surface area contributed by atoms with Crippen LogP contribution in [0.4, 0.5) is 0 Å². The third-order valence-corrected chi connectivity index (χ3v) is 2.26. The molecule has 1 aromatic rings. The van der Waals surface area contributed by atoms with Crippen molar-refractivity contribution >= 4 is 5.91 Å². The number of carbonyl (C=O) groups is 1. The molecule has 1 aliphatic heterocycles. The Kier molecular flexibility index (Phi) is 8.22. The van der Waals surface area contributed by atoms with Crippen LogP contribution in [0.5, 0.6) is 0 Å². The Morgan fingerprint density at radius 1 is 1.19 bits per heavy atom. The Morgan fingerprint density at radius 3 is 1.94 bits per heavy atom. The molecule has 1 unspecified atom stereocenters. The molecule has 1 heterocycles. The maximum Gasteiger partial charge on any atom is 0.222 e. The van der Waals surface area contributed by atoms with Gasteiger partial charge in [-0.05, 0) is 13.3 Å². The third kappa shape index (κ3) is 6.23. The molecule has 0 aliphatic carbocycles. The summed E-state index contributed by atoms with van der Waals surface area (Å²) in [5.74, 6) is 0.472. The van der Waals surface area contributed by atoms with Crippen LogP contribution in [0.3, 0.4) is 0 Å². The number of rotatable bonds is 0. The van der Waals surface area contributed by atoms with E-state index in [1.807, 2.05) is 39.0 Å². The van der Waals surface area contributed by atoms with Crippen molar-refractivity contribution in [2.45, 2.75) is 34.1 Å². The first-order valence-electron chi connectivity index (χ1n) is 5.99. The summed E-state index contributed by atoms with van der Waals surface area (Å²) < 4.78 is 0. The minimum atomic E-state index is 0.208. The number of amides is 1. The van der Waals surface area contributed by atoms with E-state index in [9.17, 15) is 4.79 Å². The van der Waals surface area contributed by atoms with Crippen molar-refractivity contribution in [2.75, 3.05) is 6.54 Å². The van der Waals surface area contributed by atoms with Crippen molar-refractivity contribution in [3.8, 4) is 0 Å². The van der Waals surface area contributed by atoms with Crippen LogP contribution < -0.4 is 5.32 Å². The Balaban J connectivity index is 0.000000244. The zero-order valence-electron chi connectivity index (χ0n) is 10.8. The van der Waals surface area contributed by atoms with Crippen LogP contribution in [0.2, 0.25) is 0 Å². The SMILES string of the molecule is CC.CC1CCNC1=O.Cc1ccccc1. The average Bonchev–Trinajstić information content (AvgIpc) is 2.68. The van der Waals surface area contributed by atoms with Crippen molar-refractivity contribution < 1.29 is 4.79 Å². The fraction of sp³-hybridized carbons (Fsp3) is 0.500. The van der Waals surface area contributed by atoms with Gasteiger partial charge in [-0.25, -0.2) is 0 Å². The highest BCUT2D eigenvalue weighted by molar-refractivity contribution is 5.80. The molecule has 1 fully saturated rings. The van der Waals surface area contributed by atoms with Gasteiger partial charge in [-0.15, -0.1) is 0 Å². The molecular formula is C14H23NO. The predicted octanol–water partition coefficient (Wildman–Crippen LogP) is 3.16. The van der Waals surface area contributed by atoms with E-state index in [2.05, 4.69) is 24.4 Å². The lowest BCUT2D eigenvalue weighted by Crippen LogP contribution is -2.16. The van der Waals surface area contributed by atoms with E-state index in [0.717, 1.165) is 13.0 Å². The first kappa shape index (κ1) is 14.7. The first-order chi connectivity index (χ1) is 7.70. The van der Waals surface area contributed by atoms with Gasteiger partial charge in [-0.3, -0.25) is 4.79 Å². The molecule has 1 aromatic carbocycles. The Bertz CT molecular complexity index is 282. The molecule has 0 saturated carbocycles. The number of carbonyl (C=O) groups excluding carboxylic acids is 1. The zero-order valence-corrected chi connectivity index (χ0v) is 10.8. The van der Waals surface area contributed by atoms with Crippen LogP contribution in [0.25, 0.3) is 0 Å². The van der Waals surface area contributed by atoms with E-state index in [1.165, 1.54) is 5.56 Å². The Hall–Kier alpha value is -1.31. The topological polar surface area (TPSA) is 29.1 Å². The zero-order chi connectivity index (χ0) is 12.4. The van der Waals surface area contributed by atoms with Gasteiger partial charge in [0.05, 0.1) is 0 Å². The highest BCUT2D eigenvalue weighted by Crippen LogP contribution is 2.05. The van der Waals surface area contributed by atoms with Crippen molar-refractivity contribution in [3.05, 3.63) is 35.9 Å². The lowest BCUT2D eigenvalue weighted by molar-refractivity contribution is -0.121. The van der Waals surface area contributed by atoms with Crippen molar-refractivity contribution in [2.24, 2.45) is 5.92 Å². The van der Waals surface area contributed by atoms with Gasteiger partial charge in [0.1, 0.15) is 0 Å². The normalized spacial score (nSPS) is 17.5. The lowest BCUT2D eigenvalue weighted by atomic mass is 10.1. The second-order valence-electron chi connectivity index (χ2n) is 3.64. The standard InChI is InChI=1S/C7H8.C5H9NO.C2H6/c1-7-5-3-2-4-6-7;1-4-2-3-6-5(4)7;1-2/h2-6H,1H3;4H,2-3H2,1H3,(H,6,7);1-2H3. The summed E-state index contributed by atoms with van der Waals surface area (Å²) in [6, 6.07) is 10.3. The molecule has 90 valence electrons. The van der Waals surface area contributed by atoms with Crippen LogP contribution in [0.1, 0.15) is 32.8 Å². The monoisotopic (exact) mass is 221 g/mol. The van der Waals surface area contributed by atoms with Gasteiger partial charge >= 0.3 is 0 Å². The number of aryl methyl sites for hydroxylation is 1. The van der Waals surface area contributed by atoms with Crippen LogP contribution >= 0.6 is 0 Å². The van der Waals surface area contributed by atoms with Crippen LogP contribution in [0, 0.1) is 12.8 Å². The molecule has 0 aromatic heterocycles. The third-order valence-electron chi connectivity index (χ3n) is 2.26. The summed E-state index contributed by atoms with van der Waals surface area (Å²) in [5, 5.41) is 2.73. The van der Waals surface area contributed by atoms with E-state index < -0.39 is 0 Å². The van der Waals surface area contributed by atoms with E-state index >= 15 is 0 Å². The van der Waals surface area contributed by atoms with Gasteiger partial charge in [-0.1, -0.05) is 56.7 Å². The summed E-state index contributed by atoms with van der Waals surface area (Å²) in [5.41, 5.74) is 1.32. The van der Waals surface area contributed by atoms with Crippen molar-refractivity contribution in [1.82, 2.24) is 5.32 Å². The highest BCUT2D eigenvalue weighted by Gasteiger charge is 2.17.